The predicted molar refractivity (Wildman–Crippen MR) is 59.5 cm³/mol. The SMILES string of the molecule is O=C1c2ccccc2OCCN1CCCO. The van der Waals surface area contributed by atoms with Crippen LogP contribution in [0.15, 0.2) is 24.3 Å². The number of para-hydroxylation sites is 1. The lowest BCUT2D eigenvalue weighted by molar-refractivity contribution is 0.0745. The Bertz CT molecular complexity index is 376. The van der Waals surface area contributed by atoms with Crippen molar-refractivity contribution < 1.29 is 14.6 Å². The van der Waals surface area contributed by atoms with Crippen LogP contribution in [0, 0.1) is 0 Å². The maximum absolute atomic E-state index is 12.1. The molecule has 0 unspecified atom stereocenters. The van der Waals surface area contributed by atoms with Gasteiger partial charge in [-0.25, -0.2) is 0 Å². The van der Waals surface area contributed by atoms with E-state index in [1.807, 2.05) is 18.2 Å². The van der Waals surface area contributed by atoms with Crippen LogP contribution >= 0.6 is 0 Å². The van der Waals surface area contributed by atoms with Crippen LogP contribution in [0.3, 0.4) is 0 Å². The number of carbonyl (C=O) groups excluding carboxylic acids is 1. The van der Waals surface area contributed by atoms with Gasteiger partial charge in [-0.15, -0.1) is 0 Å². The number of hydrogen-bond donors (Lipinski definition) is 1. The van der Waals surface area contributed by atoms with Crippen LogP contribution < -0.4 is 4.74 Å². The Morgan fingerprint density at radius 1 is 1.38 bits per heavy atom. The topological polar surface area (TPSA) is 49.8 Å². The smallest absolute Gasteiger partial charge is 0.257 e. The zero-order valence-corrected chi connectivity index (χ0v) is 9.06. The molecule has 1 N–H and O–H groups in total. The molecular formula is C12H15NO3. The van der Waals surface area contributed by atoms with E-state index in [9.17, 15) is 4.79 Å². The molecule has 1 heterocycles. The fourth-order valence-electron chi connectivity index (χ4n) is 1.78. The Morgan fingerprint density at radius 2 is 2.19 bits per heavy atom. The van der Waals surface area contributed by atoms with Crippen LogP contribution in [0.5, 0.6) is 5.75 Å². The second-order valence-corrected chi connectivity index (χ2v) is 3.71. The molecule has 16 heavy (non-hydrogen) atoms. The second kappa shape index (κ2) is 4.99. The zero-order valence-electron chi connectivity index (χ0n) is 9.06. The average molecular weight is 221 g/mol. The van der Waals surface area contributed by atoms with Crippen molar-refractivity contribution in [3.05, 3.63) is 29.8 Å². The first-order chi connectivity index (χ1) is 7.83. The molecule has 0 fully saturated rings. The van der Waals surface area contributed by atoms with E-state index in [-0.39, 0.29) is 12.5 Å². The molecule has 1 aliphatic rings. The predicted octanol–water partition coefficient (Wildman–Crippen LogP) is 0.904. The van der Waals surface area contributed by atoms with Gasteiger partial charge in [0.1, 0.15) is 12.4 Å². The third kappa shape index (κ3) is 2.17. The molecule has 0 saturated carbocycles. The van der Waals surface area contributed by atoms with Crippen molar-refractivity contribution in [1.82, 2.24) is 4.90 Å². The maximum atomic E-state index is 12.1. The average Bonchev–Trinajstić information content (AvgIpc) is 2.47. The van der Waals surface area contributed by atoms with E-state index in [0.29, 0.717) is 37.4 Å². The van der Waals surface area contributed by atoms with Gasteiger partial charge < -0.3 is 14.7 Å². The van der Waals surface area contributed by atoms with Gasteiger partial charge in [0.25, 0.3) is 5.91 Å². The largest absolute Gasteiger partial charge is 0.491 e. The highest BCUT2D eigenvalue weighted by Crippen LogP contribution is 2.22. The summed E-state index contributed by atoms with van der Waals surface area (Å²) in [5.41, 5.74) is 0.609. The van der Waals surface area contributed by atoms with Crippen molar-refractivity contribution in [2.24, 2.45) is 0 Å². The summed E-state index contributed by atoms with van der Waals surface area (Å²) in [6, 6.07) is 7.27. The van der Waals surface area contributed by atoms with Crippen molar-refractivity contribution in [1.29, 1.82) is 0 Å². The van der Waals surface area contributed by atoms with E-state index in [0.717, 1.165) is 0 Å². The number of rotatable bonds is 3. The summed E-state index contributed by atoms with van der Waals surface area (Å²) in [4.78, 5) is 13.8. The minimum absolute atomic E-state index is 0.0125. The highest BCUT2D eigenvalue weighted by atomic mass is 16.5. The maximum Gasteiger partial charge on any atom is 0.257 e. The molecule has 0 spiro atoms. The minimum Gasteiger partial charge on any atom is -0.491 e. The van der Waals surface area contributed by atoms with Crippen molar-refractivity contribution in [3.63, 3.8) is 0 Å². The van der Waals surface area contributed by atoms with Crippen LogP contribution in [0.25, 0.3) is 0 Å². The molecule has 0 radical (unpaired) electrons. The van der Waals surface area contributed by atoms with E-state index in [4.69, 9.17) is 9.84 Å². The summed E-state index contributed by atoms with van der Waals surface area (Å²) in [5.74, 6) is 0.639. The fourth-order valence-corrected chi connectivity index (χ4v) is 1.78. The minimum atomic E-state index is -0.0125. The molecular weight excluding hydrogens is 206 g/mol. The number of nitrogens with zero attached hydrogens (tertiary/aromatic N) is 1. The molecule has 0 aromatic heterocycles. The number of aliphatic hydroxyl groups excluding tert-OH is 1. The number of benzene rings is 1. The molecule has 4 nitrogen and oxygen atoms in total. The van der Waals surface area contributed by atoms with Crippen molar-refractivity contribution in [2.75, 3.05) is 26.3 Å². The highest BCUT2D eigenvalue weighted by molar-refractivity contribution is 5.97. The monoisotopic (exact) mass is 221 g/mol. The van der Waals surface area contributed by atoms with Crippen LogP contribution in [-0.4, -0.2) is 42.2 Å². The fraction of sp³-hybridized carbons (Fsp3) is 0.417. The number of amides is 1. The van der Waals surface area contributed by atoms with Gasteiger partial charge in [0.05, 0.1) is 12.1 Å². The Morgan fingerprint density at radius 3 is 3.00 bits per heavy atom. The van der Waals surface area contributed by atoms with Crippen molar-refractivity contribution >= 4 is 5.91 Å². The first kappa shape index (κ1) is 11.0. The number of hydrogen-bond acceptors (Lipinski definition) is 3. The number of aliphatic hydroxyl groups is 1. The quantitative estimate of drug-likeness (QED) is 0.825. The molecule has 1 aliphatic heterocycles. The lowest BCUT2D eigenvalue weighted by atomic mass is 10.2. The first-order valence-electron chi connectivity index (χ1n) is 5.45. The third-order valence-electron chi connectivity index (χ3n) is 2.61. The normalized spacial score (nSPS) is 15.3. The number of fused-ring (bicyclic) bond motifs is 1. The van der Waals surface area contributed by atoms with E-state index < -0.39 is 0 Å². The Hall–Kier alpha value is -1.55. The summed E-state index contributed by atoms with van der Waals surface area (Å²) in [6.07, 6.45) is 0.605. The van der Waals surface area contributed by atoms with Gasteiger partial charge in [0, 0.05) is 13.2 Å². The lowest BCUT2D eigenvalue weighted by Gasteiger charge is -2.18. The van der Waals surface area contributed by atoms with Crippen LogP contribution in [0.2, 0.25) is 0 Å². The lowest BCUT2D eigenvalue weighted by Crippen LogP contribution is -2.33. The molecule has 0 aliphatic carbocycles. The van der Waals surface area contributed by atoms with Crippen molar-refractivity contribution in [3.8, 4) is 5.75 Å². The van der Waals surface area contributed by atoms with Gasteiger partial charge in [-0.2, -0.15) is 0 Å². The molecule has 1 aromatic rings. The second-order valence-electron chi connectivity index (χ2n) is 3.71. The summed E-state index contributed by atoms with van der Waals surface area (Å²) >= 11 is 0. The molecule has 4 heteroatoms. The van der Waals surface area contributed by atoms with Gasteiger partial charge in [-0.05, 0) is 18.6 Å². The van der Waals surface area contributed by atoms with Crippen LogP contribution in [0.1, 0.15) is 16.8 Å². The number of carbonyl (C=O) groups is 1. The summed E-state index contributed by atoms with van der Waals surface area (Å²) < 4.78 is 5.50. The third-order valence-corrected chi connectivity index (χ3v) is 2.61. The standard InChI is InChI=1S/C12H15NO3/c14-8-3-6-13-7-9-16-11-5-2-1-4-10(11)12(13)15/h1-2,4-5,14H,3,6-9H2. The van der Waals surface area contributed by atoms with Gasteiger partial charge in [0.2, 0.25) is 0 Å². The van der Waals surface area contributed by atoms with Gasteiger partial charge in [0.15, 0.2) is 0 Å². The van der Waals surface area contributed by atoms with E-state index >= 15 is 0 Å². The Kier molecular flexibility index (Phi) is 3.41. The van der Waals surface area contributed by atoms with E-state index in [2.05, 4.69) is 0 Å². The molecule has 1 aromatic carbocycles. The Balaban J connectivity index is 2.20. The molecule has 1 amide bonds. The van der Waals surface area contributed by atoms with Crippen molar-refractivity contribution in [2.45, 2.75) is 6.42 Å². The summed E-state index contributed by atoms with van der Waals surface area (Å²) in [5, 5.41) is 8.78. The van der Waals surface area contributed by atoms with E-state index in [1.165, 1.54) is 0 Å². The summed E-state index contributed by atoms with van der Waals surface area (Å²) in [7, 11) is 0. The number of ether oxygens (including phenoxy) is 1. The Labute approximate surface area is 94.4 Å². The van der Waals surface area contributed by atoms with Gasteiger partial charge in [-0.1, -0.05) is 12.1 Å². The molecule has 86 valence electrons. The molecule has 0 bridgehead atoms. The van der Waals surface area contributed by atoms with E-state index in [1.54, 1.807) is 11.0 Å². The molecule has 0 saturated heterocycles. The highest BCUT2D eigenvalue weighted by Gasteiger charge is 2.22. The first-order valence-corrected chi connectivity index (χ1v) is 5.45. The van der Waals surface area contributed by atoms with Gasteiger partial charge >= 0.3 is 0 Å². The van der Waals surface area contributed by atoms with Crippen LogP contribution in [-0.2, 0) is 0 Å². The van der Waals surface area contributed by atoms with Crippen LogP contribution in [0.4, 0.5) is 0 Å². The zero-order chi connectivity index (χ0) is 11.4. The summed E-state index contributed by atoms with van der Waals surface area (Å²) in [6.45, 7) is 1.76. The molecule has 0 atom stereocenters. The van der Waals surface area contributed by atoms with Gasteiger partial charge in [-0.3, -0.25) is 4.79 Å². The molecule has 2 rings (SSSR count).